The Labute approximate surface area is 476 Å². The van der Waals surface area contributed by atoms with Crippen LogP contribution >= 0.6 is 0 Å². The van der Waals surface area contributed by atoms with Crippen molar-refractivity contribution in [3.05, 3.63) is 0 Å². The van der Waals surface area contributed by atoms with Crippen LogP contribution in [-0.2, 0) is 28.8 Å². The number of hydrogen-bond acceptors (Lipinski definition) is 12. The lowest BCUT2D eigenvalue weighted by atomic mass is 9.98. The fourth-order valence-electron chi connectivity index (χ4n) is 10.8. The first-order valence-electron chi connectivity index (χ1n) is 30.8. The van der Waals surface area contributed by atoms with Crippen molar-refractivity contribution in [3.8, 4) is 0 Å². The van der Waals surface area contributed by atoms with Crippen LogP contribution in [0.2, 0.25) is 0 Å². The Morgan fingerprint density at radius 3 is 1.22 bits per heavy atom. The van der Waals surface area contributed by atoms with Gasteiger partial charge in [-0.25, -0.2) is 0 Å². The number of carbonyl (C=O) groups excluding carboxylic acids is 6. The van der Waals surface area contributed by atoms with E-state index in [1.54, 1.807) is 0 Å². The third-order valence-electron chi connectivity index (χ3n) is 16.3. The molecule has 456 valence electrons. The van der Waals surface area contributed by atoms with Crippen molar-refractivity contribution in [3.63, 3.8) is 0 Å². The van der Waals surface area contributed by atoms with Crippen LogP contribution in [0, 0.1) is 5.92 Å². The molecule has 6 amide bonds. The summed E-state index contributed by atoms with van der Waals surface area (Å²) in [6.07, 6.45) is 20.6. The quantitative estimate of drug-likeness (QED) is 0.123. The summed E-state index contributed by atoms with van der Waals surface area (Å²) in [5.74, 6) is 2.10. The largest absolute Gasteiger partial charge is 0.355 e. The molecule has 18 heteroatoms. The number of likely N-dealkylation sites (tertiary alicyclic amines) is 5. The van der Waals surface area contributed by atoms with E-state index < -0.39 is 0 Å². The van der Waals surface area contributed by atoms with Gasteiger partial charge in [-0.3, -0.25) is 28.8 Å². The van der Waals surface area contributed by atoms with Crippen LogP contribution in [-0.4, -0.2) is 208 Å². The summed E-state index contributed by atoms with van der Waals surface area (Å²) in [6, 6.07) is 0.590. The van der Waals surface area contributed by atoms with Crippen LogP contribution in [0.5, 0.6) is 0 Å². The van der Waals surface area contributed by atoms with Gasteiger partial charge in [0.2, 0.25) is 35.4 Å². The summed E-state index contributed by atoms with van der Waals surface area (Å²) >= 11 is 0. The molecule has 0 bridgehead atoms. The van der Waals surface area contributed by atoms with E-state index in [9.17, 15) is 28.8 Å². The highest BCUT2D eigenvalue weighted by Crippen LogP contribution is 2.25. The maximum atomic E-state index is 12.2. The van der Waals surface area contributed by atoms with Gasteiger partial charge in [0, 0.05) is 69.5 Å². The van der Waals surface area contributed by atoms with Crippen LogP contribution in [0.1, 0.15) is 198 Å². The van der Waals surface area contributed by atoms with Gasteiger partial charge >= 0.3 is 0 Å². The van der Waals surface area contributed by atoms with E-state index >= 15 is 0 Å². The maximum absolute atomic E-state index is 12.2. The zero-order valence-electron chi connectivity index (χ0n) is 52.9. The molecule has 0 spiro atoms. The van der Waals surface area contributed by atoms with Gasteiger partial charge in [0.05, 0.1) is 36.3 Å². The smallest absolute Gasteiger partial charge is 0.240 e. The van der Waals surface area contributed by atoms with Crippen molar-refractivity contribution in [2.24, 2.45) is 5.92 Å². The van der Waals surface area contributed by atoms with Crippen LogP contribution < -0.4 is 37.2 Å². The van der Waals surface area contributed by atoms with Crippen LogP contribution in [0.4, 0.5) is 0 Å². The number of nitrogens with one attached hydrogen (secondary N) is 7. The normalized spacial score (nSPS) is 25.1. The van der Waals surface area contributed by atoms with Gasteiger partial charge in [0.15, 0.2) is 0 Å². The van der Waals surface area contributed by atoms with Crippen LogP contribution in [0.15, 0.2) is 0 Å². The number of nitrogens with zero attached hydrogens (tertiary/aromatic N) is 5. The van der Waals surface area contributed by atoms with Crippen molar-refractivity contribution < 1.29 is 28.8 Å². The summed E-state index contributed by atoms with van der Waals surface area (Å²) in [5, 5.41) is 21.3. The first-order chi connectivity index (χ1) is 36.9. The highest BCUT2D eigenvalue weighted by molar-refractivity contribution is 5.84. The molecular formula is C60H120N12O6. The van der Waals surface area contributed by atoms with E-state index in [1.807, 2.05) is 68.8 Å². The standard InChI is InChI=1S/C12H24N2O.2C11H22N2O.C10H20N2O.C9H18N2O.C7H14N2O/c1-5-12(2,3)14-9-7-6-8-10(13-4)11(14)15;1-11(2,3)13-8-6-5-7-9(12-4)10(13)14;1-9(2)8-13-7-5-4-6-10(12-3)11(13)14;1-8(2)12-7-5-4-6-9(11-3)10(12)13;1-3-11-7-5-4-6-8(10-2)9(11)12;1-8-6-4-2-3-5-9-7(6)10/h10,13H,5-9H2,1-4H3;9,12H,5-8H2,1-4H3;9-10,12H,4-8H2,1-3H3;8-9,11H,4-7H2,1-3H3;8,10H,3-7H2,1-2H3;6,8H,2-5H2,1H3,(H,9,10). The van der Waals surface area contributed by atoms with E-state index in [0.717, 1.165) is 174 Å². The van der Waals surface area contributed by atoms with E-state index in [0.29, 0.717) is 17.9 Å². The monoisotopic (exact) mass is 1100 g/mol. The average molecular weight is 1110 g/mol. The lowest BCUT2D eigenvalue weighted by molar-refractivity contribution is -0.138. The molecule has 6 rings (SSSR count). The topological polar surface area (TPSA) is 203 Å². The number of likely N-dealkylation sites (N-methyl/N-ethyl adjacent to an activating group) is 7. The van der Waals surface area contributed by atoms with Crippen molar-refractivity contribution >= 4 is 35.4 Å². The average Bonchev–Trinajstić information content (AvgIpc) is 4.02. The Balaban J connectivity index is 0.000000470. The van der Waals surface area contributed by atoms with Crippen molar-refractivity contribution in [1.29, 1.82) is 0 Å². The van der Waals surface area contributed by atoms with Gasteiger partial charge < -0.3 is 61.7 Å². The third-order valence-corrected chi connectivity index (χ3v) is 16.3. The summed E-state index contributed by atoms with van der Waals surface area (Å²) in [4.78, 5) is 80.9. The molecule has 0 aliphatic carbocycles. The number of amides is 6. The lowest BCUT2D eigenvalue weighted by Crippen LogP contribution is -2.53. The van der Waals surface area contributed by atoms with Crippen molar-refractivity contribution in [2.45, 2.75) is 252 Å². The molecule has 18 nitrogen and oxygen atoms in total. The van der Waals surface area contributed by atoms with E-state index in [4.69, 9.17) is 0 Å². The van der Waals surface area contributed by atoms with Gasteiger partial charge in [-0.1, -0.05) is 20.8 Å². The van der Waals surface area contributed by atoms with Gasteiger partial charge in [-0.15, -0.1) is 0 Å². The molecule has 6 atom stereocenters. The summed E-state index contributed by atoms with van der Waals surface area (Å²) in [6.45, 7) is 30.5. The molecule has 0 saturated carbocycles. The lowest BCUT2D eigenvalue weighted by Gasteiger charge is -2.38. The fourth-order valence-corrected chi connectivity index (χ4v) is 10.8. The molecule has 0 radical (unpaired) electrons. The Morgan fingerprint density at radius 1 is 0.449 bits per heavy atom. The minimum absolute atomic E-state index is 0.00345. The van der Waals surface area contributed by atoms with Gasteiger partial charge in [0.25, 0.3) is 0 Å². The third kappa shape index (κ3) is 25.6. The van der Waals surface area contributed by atoms with Gasteiger partial charge in [0.1, 0.15) is 0 Å². The first-order valence-corrected chi connectivity index (χ1v) is 30.8. The molecule has 0 aromatic rings. The molecule has 6 aliphatic rings. The molecule has 6 saturated heterocycles. The number of rotatable bonds is 12. The van der Waals surface area contributed by atoms with Gasteiger partial charge in [-0.2, -0.15) is 0 Å². The van der Waals surface area contributed by atoms with Gasteiger partial charge in [-0.05, 0) is 226 Å². The predicted octanol–water partition coefficient (Wildman–Crippen LogP) is 5.88. The summed E-state index contributed by atoms with van der Waals surface area (Å²) in [7, 11) is 11.2. The Morgan fingerprint density at radius 2 is 0.808 bits per heavy atom. The molecule has 6 fully saturated rings. The molecule has 0 aromatic heterocycles. The van der Waals surface area contributed by atoms with Crippen molar-refractivity contribution in [2.75, 3.05) is 94.6 Å². The molecule has 78 heavy (non-hydrogen) atoms. The van der Waals surface area contributed by atoms with E-state index in [-0.39, 0.29) is 76.9 Å². The number of carbonyl (C=O) groups is 6. The Bertz CT molecular complexity index is 1690. The first kappa shape index (κ1) is 72.6. The minimum Gasteiger partial charge on any atom is -0.355 e. The zero-order valence-corrected chi connectivity index (χ0v) is 52.9. The second-order valence-corrected chi connectivity index (χ2v) is 24.4. The SMILES string of the molecule is CCC(C)(C)N1CCCCC(NC)C1=O.CCN1CCCCC(NC)C1=O.CNC1CCCCN(C(C)(C)C)C1=O.CNC1CCCCN(C(C)C)C1=O.CNC1CCCCN(CC(C)C)C1=O.CNC1CCCCNC1=O. The van der Waals surface area contributed by atoms with Crippen LogP contribution in [0.3, 0.4) is 0 Å². The number of hydrogen-bond donors (Lipinski definition) is 7. The highest BCUT2D eigenvalue weighted by atomic mass is 16.2. The molecular weight excluding hydrogens is 985 g/mol. The summed E-state index contributed by atoms with van der Waals surface area (Å²) < 4.78 is 0. The zero-order chi connectivity index (χ0) is 59.0. The fraction of sp³-hybridized carbons (Fsp3) is 0.900. The Hall–Kier alpha value is -3.42. The maximum Gasteiger partial charge on any atom is 0.240 e. The van der Waals surface area contributed by atoms with Crippen molar-refractivity contribution in [1.82, 2.24) is 61.7 Å². The molecule has 0 aromatic carbocycles. The van der Waals surface area contributed by atoms with E-state index in [2.05, 4.69) is 111 Å². The summed E-state index contributed by atoms with van der Waals surface area (Å²) in [5.41, 5.74) is -0.0486. The Kier molecular flexibility index (Phi) is 36.4. The predicted molar refractivity (Wildman–Crippen MR) is 321 cm³/mol. The molecule has 6 unspecified atom stereocenters. The van der Waals surface area contributed by atoms with Crippen LogP contribution in [0.25, 0.3) is 0 Å². The van der Waals surface area contributed by atoms with E-state index in [1.165, 1.54) is 0 Å². The minimum atomic E-state index is -0.0451. The molecule has 6 heterocycles. The second-order valence-electron chi connectivity index (χ2n) is 24.4. The highest BCUT2D eigenvalue weighted by Gasteiger charge is 2.35. The molecule has 7 N–H and O–H groups in total. The second kappa shape index (κ2) is 39.1. The molecule has 6 aliphatic heterocycles.